The molecule has 0 aromatic heterocycles. The second-order valence-electron chi connectivity index (χ2n) is 5.44. The van der Waals surface area contributed by atoms with Crippen LogP contribution in [0.2, 0.25) is 0 Å². The van der Waals surface area contributed by atoms with Gasteiger partial charge in [0, 0.05) is 0 Å². The third-order valence-corrected chi connectivity index (χ3v) is 3.90. The maximum absolute atomic E-state index is 9.86. The largest absolute Gasteiger partial charge is 0.390 e. The first kappa shape index (κ1) is 13.6. The van der Waals surface area contributed by atoms with Crippen molar-refractivity contribution in [1.82, 2.24) is 0 Å². The van der Waals surface area contributed by atoms with Crippen molar-refractivity contribution in [3.05, 3.63) is 35.4 Å². The van der Waals surface area contributed by atoms with Gasteiger partial charge in [0.25, 0.3) is 0 Å². The van der Waals surface area contributed by atoms with Crippen molar-refractivity contribution < 1.29 is 10.2 Å². The zero-order valence-electron chi connectivity index (χ0n) is 11.0. The average molecular weight is 248 g/mol. The van der Waals surface area contributed by atoms with Crippen LogP contribution in [0.4, 0.5) is 0 Å². The summed E-state index contributed by atoms with van der Waals surface area (Å²) >= 11 is 0. The minimum atomic E-state index is -0.549. The van der Waals surface area contributed by atoms with E-state index in [1.54, 1.807) is 0 Å². The summed E-state index contributed by atoms with van der Waals surface area (Å²) < 4.78 is 0. The number of rotatable bonds is 0. The van der Waals surface area contributed by atoms with Gasteiger partial charge in [0.1, 0.15) is 0 Å². The number of benzene rings is 1. The first-order valence-corrected chi connectivity index (χ1v) is 7.19. The summed E-state index contributed by atoms with van der Waals surface area (Å²) in [6.45, 7) is 0. The zero-order valence-corrected chi connectivity index (χ0v) is 11.0. The van der Waals surface area contributed by atoms with Crippen LogP contribution in [0.1, 0.15) is 49.7 Å². The molecular formula is C16H24O2. The monoisotopic (exact) mass is 248 g/mol. The van der Waals surface area contributed by atoms with Crippen LogP contribution in [-0.4, -0.2) is 22.4 Å². The average Bonchev–Trinajstić information content (AvgIpc) is 2.39. The summed E-state index contributed by atoms with van der Waals surface area (Å²) in [6.07, 6.45) is 6.72. The van der Waals surface area contributed by atoms with Gasteiger partial charge in [-0.15, -0.1) is 0 Å². The molecule has 2 heteroatoms. The fourth-order valence-electron chi connectivity index (χ4n) is 2.63. The molecule has 1 aromatic carbocycles. The van der Waals surface area contributed by atoms with Crippen molar-refractivity contribution in [1.29, 1.82) is 0 Å². The number of hydrogen-bond donors (Lipinski definition) is 2. The summed E-state index contributed by atoms with van der Waals surface area (Å²) in [5, 5.41) is 19.7. The van der Waals surface area contributed by atoms with Crippen LogP contribution in [0, 0.1) is 0 Å². The summed E-state index contributed by atoms with van der Waals surface area (Å²) in [7, 11) is 0. The molecule has 0 fully saturated rings. The molecule has 0 saturated carbocycles. The quantitative estimate of drug-likeness (QED) is 0.741. The fraction of sp³-hybridized carbons (Fsp3) is 0.625. The topological polar surface area (TPSA) is 40.5 Å². The molecule has 3 rings (SSSR count). The Kier molecular flexibility index (Phi) is 5.21. The van der Waals surface area contributed by atoms with Crippen molar-refractivity contribution >= 4 is 0 Å². The van der Waals surface area contributed by atoms with E-state index in [1.165, 1.54) is 17.5 Å². The van der Waals surface area contributed by atoms with E-state index in [9.17, 15) is 10.2 Å². The molecule has 0 aliphatic heterocycles. The molecule has 0 saturated heterocycles. The van der Waals surface area contributed by atoms with E-state index in [-0.39, 0.29) is 0 Å². The highest BCUT2D eigenvalue weighted by molar-refractivity contribution is 5.22. The molecule has 2 atom stereocenters. The van der Waals surface area contributed by atoms with Crippen LogP contribution in [-0.2, 0) is 12.8 Å². The zero-order chi connectivity index (χ0) is 12.8. The Labute approximate surface area is 110 Å². The van der Waals surface area contributed by atoms with E-state index < -0.39 is 12.2 Å². The van der Waals surface area contributed by atoms with Crippen LogP contribution < -0.4 is 0 Å². The molecule has 2 N–H and O–H groups in total. The van der Waals surface area contributed by atoms with Gasteiger partial charge in [-0.25, -0.2) is 0 Å². The molecule has 2 aliphatic rings. The standard InChI is InChI=1S/C16H24O2/c17-15-7-3-1-2-5-13-9-11-14(12-10-13)6-4-8-16(15)18/h9-12,15-18H,1-8H2. The third-order valence-electron chi connectivity index (χ3n) is 3.90. The highest BCUT2D eigenvalue weighted by Crippen LogP contribution is 2.16. The lowest BCUT2D eigenvalue weighted by molar-refractivity contribution is 0.00753. The Morgan fingerprint density at radius 2 is 1.17 bits per heavy atom. The van der Waals surface area contributed by atoms with Crippen molar-refractivity contribution in [2.24, 2.45) is 0 Å². The van der Waals surface area contributed by atoms with Crippen LogP contribution in [0.25, 0.3) is 0 Å². The molecule has 18 heavy (non-hydrogen) atoms. The van der Waals surface area contributed by atoms with Crippen LogP contribution in [0.15, 0.2) is 24.3 Å². The lowest BCUT2D eigenvalue weighted by atomic mass is 9.97. The molecule has 2 unspecified atom stereocenters. The summed E-state index contributed by atoms with van der Waals surface area (Å²) in [4.78, 5) is 0. The lowest BCUT2D eigenvalue weighted by Crippen LogP contribution is -2.25. The summed E-state index contributed by atoms with van der Waals surface area (Å²) in [5.41, 5.74) is 2.74. The molecule has 2 aliphatic carbocycles. The van der Waals surface area contributed by atoms with Gasteiger partial charge in [-0.2, -0.15) is 0 Å². The molecule has 2 bridgehead atoms. The highest BCUT2D eigenvalue weighted by atomic mass is 16.3. The lowest BCUT2D eigenvalue weighted by Gasteiger charge is -2.18. The number of hydrogen-bond acceptors (Lipinski definition) is 2. The molecule has 0 heterocycles. The van der Waals surface area contributed by atoms with E-state index >= 15 is 0 Å². The summed E-state index contributed by atoms with van der Waals surface area (Å²) in [5.74, 6) is 0. The van der Waals surface area contributed by atoms with Crippen molar-refractivity contribution in [2.45, 2.75) is 63.6 Å². The van der Waals surface area contributed by atoms with Crippen molar-refractivity contribution in [2.75, 3.05) is 0 Å². The Hall–Kier alpha value is -0.860. The van der Waals surface area contributed by atoms with Gasteiger partial charge in [-0.1, -0.05) is 37.1 Å². The molecular weight excluding hydrogens is 224 g/mol. The van der Waals surface area contributed by atoms with Gasteiger partial charge in [0.05, 0.1) is 12.2 Å². The van der Waals surface area contributed by atoms with Gasteiger partial charge in [-0.05, 0) is 49.7 Å². The molecule has 0 spiro atoms. The number of fused-ring (bicyclic) bond motifs is 11. The molecule has 100 valence electrons. The minimum absolute atomic E-state index is 0.533. The van der Waals surface area contributed by atoms with Gasteiger partial charge in [-0.3, -0.25) is 0 Å². The Morgan fingerprint density at radius 1 is 0.667 bits per heavy atom. The Balaban J connectivity index is 1.98. The predicted octanol–water partition coefficient (Wildman–Crippen LogP) is 2.85. The Morgan fingerprint density at radius 3 is 1.78 bits per heavy atom. The van der Waals surface area contributed by atoms with Crippen molar-refractivity contribution in [3.8, 4) is 0 Å². The number of aliphatic hydroxyl groups is 2. The summed E-state index contributed by atoms with van der Waals surface area (Å²) in [6, 6.07) is 8.85. The van der Waals surface area contributed by atoms with E-state index in [0.717, 1.165) is 38.5 Å². The Bertz CT molecular complexity index is 345. The van der Waals surface area contributed by atoms with Gasteiger partial charge < -0.3 is 10.2 Å². The number of aliphatic hydroxyl groups excluding tert-OH is 2. The van der Waals surface area contributed by atoms with E-state index in [0.29, 0.717) is 6.42 Å². The van der Waals surface area contributed by atoms with Crippen LogP contribution in [0.3, 0.4) is 0 Å². The second-order valence-corrected chi connectivity index (χ2v) is 5.44. The van der Waals surface area contributed by atoms with Crippen LogP contribution >= 0.6 is 0 Å². The molecule has 1 aromatic rings. The highest BCUT2D eigenvalue weighted by Gasteiger charge is 2.15. The van der Waals surface area contributed by atoms with E-state index in [4.69, 9.17) is 0 Å². The predicted molar refractivity (Wildman–Crippen MR) is 73.6 cm³/mol. The third kappa shape index (κ3) is 4.11. The molecule has 0 amide bonds. The van der Waals surface area contributed by atoms with Gasteiger partial charge in [0.15, 0.2) is 0 Å². The molecule has 0 radical (unpaired) electrons. The fourth-order valence-corrected chi connectivity index (χ4v) is 2.63. The van der Waals surface area contributed by atoms with Gasteiger partial charge >= 0.3 is 0 Å². The SMILES string of the molecule is OC1CCCCCc2ccc(cc2)CCCC1O. The molecule has 2 nitrogen and oxygen atoms in total. The first-order valence-electron chi connectivity index (χ1n) is 7.19. The number of aryl methyl sites for hydroxylation is 2. The van der Waals surface area contributed by atoms with Crippen LogP contribution in [0.5, 0.6) is 0 Å². The smallest absolute Gasteiger partial charge is 0.0799 e. The van der Waals surface area contributed by atoms with Gasteiger partial charge in [0.2, 0.25) is 0 Å². The maximum Gasteiger partial charge on any atom is 0.0799 e. The second kappa shape index (κ2) is 6.91. The van der Waals surface area contributed by atoms with E-state index in [1.807, 2.05) is 0 Å². The minimum Gasteiger partial charge on any atom is -0.390 e. The van der Waals surface area contributed by atoms with Crippen molar-refractivity contribution in [3.63, 3.8) is 0 Å². The maximum atomic E-state index is 9.86. The first-order chi connectivity index (χ1) is 8.75. The normalized spacial score (nSPS) is 26.8. The van der Waals surface area contributed by atoms with E-state index in [2.05, 4.69) is 24.3 Å².